The Labute approximate surface area is 152 Å². The number of carbonyl (C=O) groups is 1. The van der Waals surface area contributed by atoms with Gasteiger partial charge in [0.25, 0.3) is 0 Å². The van der Waals surface area contributed by atoms with E-state index >= 15 is 0 Å². The zero-order valence-corrected chi connectivity index (χ0v) is 14.4. The van der Waals surface area contributed by atoms with Crippen LogP contribution in [0.15, 0.2) is 67.0 Å². The maximum absolute atomic E-state index is 13.7. The van der Waals surface area contributed by atoms with Crippen LogP contribution in [-0.4, -0.2) is 17.4 Å². The van der Waals surface area contributed by atoms with E-state index in [1.165, 1.54) is 11.6 Å². The van der Waals surface area contributed by atoms with Crippen LogP contribution in [0.1, 0.15) is 17.5 Å². The molecule has 4 rings (SSSR count). The minimum absolute atomic E-state index is 0.0451. The zero-order valence-electron chi connectivity index (χ0n) is 14.4. The van der Waals surface area contributed by atoms with E-state index in [9.17, 15) is 9.18 Å². The van der Waals surface area contributed by atoms with Gasteiger partial charge in [0.05, 0.1) is 0 Å². The van der Waals surface area contributed by atoms with Gasteiger partial charge in [-0.1, -0.05) is 24.3 Å². The lowest BCUT2D eigenvalue weighted by atomic mass is 10.0. The van der Waals surface area contributed by atoms with Crippen molar-refractivity contribution in [3.05, 3.63) is 83.9 Å². The Morgan fingerprint density at radius 3 is 2.65 bits per heavy atom. The highest BCUT2D eigenvalue weighted by molar-refractivity contribution is 5.96. The third-order valence-corrected chi connectivity index (χ3v) is 4.86. The van der Waals surface area contributed by atoms with Crippen molar-refractivity contribution in [3.63, 3.8) is 0 Å². The Balaban J connectivity index is 1.49. The third-order valence-electron chi connectivity index (χ3n) is 4.86. The van der Waals surface area contributed by atoms with Crippen LogP contribution in [0, 0.1) is 5.82 Å². The quantitative estimate of drug-likeness (QED) is 0.701. The van der Waals surface area contributed by atoms with E-state index < -0.39 is 0 Å². The number of amides is 1. The Kier molecular flexibility index (Phi) is 4.48. The van der Waals surface area contributed by atoms with Crippen molar-refractivity contribution in [3.8, 4) is 11.1 Å². The van der Waals surface area contributed by atoms with Crippen LogP contribution in [0.5, 0.6) is 0 Å². The molecule has 0 aliphatic carbocycles. The summed E-state index contributed by atoms with van der Waals surface area (Å²) in [6.45, 7) is 0.686. The fourth-order valence-electron chi connectivity index (χ4n) is 3.46. The normalized spacial score (nSPS) is 12.9. The summed E-state index contributed by atoms with van der Waals surface area (Å²) in [7, 11) is 0. The maximum atomic E-state index is 13.7. The largest absolute Gasteiger partial charge is 0.312 e. The van der Waals surface area contributed by atoms with Gasteiger partial charge in [-0.2, -0.15) is 0 Å². The highest BCUT2D eigenvalue weighted by Gasteiger charge is 2.24. The average Bonchev–Trinajstić information content (AvgIpc) is 3.11. The minimum Gasteiger partial charge on any atom is -0.312 e. The lowest BCUT2D eigenvalue weighted by Gasteiger charge is -2.18. The number of carbonyl (C=O) groups excluding carboxylic acids is 1. The fourth-order valence-corrected chi connectivity index (χ4v) is 3.46. The number of hydrogen-bond acceptors (Lipinski definition) is 2. The monoisotopic (exact) mass is 346 g/mol. The van der Waals surface area contributed by atoms with E-state index in [1.54, 1.807) is 30.6 Å². The van der Waals surface area contributed by atoms with E-state index in [2.05, 4.69) is 11.1 Å². The second-order valence-corrected chi connectivity index (χ2v) is 6.47. The summed E-state index contributed by atoms with van der Waals surface area (Å²) in [5.74, 6) is -0.201. The van der Waals surface area contributed by atoms with Crippen molar-refractivity contribution < 1.29 is 9.18 Å². The SMILES string of the molecule is O=C(CCc1ccccc1F)N1CCc2cc(-c3ccncc3)ccc21. The van der Waals surface area contributed by atoms with E-state index in [-0.39, 0.29) is 11.7 Å². The molecule has 2 aromatic carbocycles. The second kappa shape index (κ2) is 7.08. The number of anilines is 1. The van der Waals surface area contributed by atoms with Crippen molar-refractivity contribution in [1.82, 2.24) is 4.98 Å². The zero-order chi connectivity index (χ0) is 17.9. The molecule has 4 heteroatoms. The molecule has 1 aromatic heterocycles. The van der Waals surface area contributed by atoms with E-state index in [0.717, 1.165) is 23.2 Å². The lowest BCUT2D eigenvalue weighted by molar-refractivity contribution is -0.118. The molecule has 130 valence electrons. The number of nitrogens with zero attached hydrogens (tertiary/aromatic N) is 2. The Hall–Kier alpha value is -3.01. The molecule has 3 aromatic rings. The Morgan fingerprint density at radius 1 is 1.04 bits per heavy atom. The van der Waals surface area contributed by atoms with Crippen molar-refractivity contribution in [1.29, 1.82) is 0 Å². The molecule has 0 N–H and O–H groups in total. The van der Waals surface area contributed by atoms with E-state index in [1.807, 2.05) is 29.2 Å². The summed E-state index contributed by atoms with van der Waals surface area (Å²) >= 11 is 0. The van der Waals surface area contributed by atoms with Crippen molar-refractivity contribution in [2.45, 2.75) is 19.3 Å². The first kappa shape index (κ1) is 16.5. The predicted molar refractivity (Wildman–Crippen MR) is 100 cm³/mol. The summed E-state index contributed by atoms with van der Waals surface area (Å²) in [5, 5.41) is 0. The topological polar surface area (TPSA) is 33.2 Å². The molecule has 26 heavy (non-hydrogen) atoms. The molecular weight excluding hydrogens is 327 g/mol. The summed E-state index contributed by atoms with van der Waals surface area (Å²) in [5.41, 5.74) is 4.99. The molecule has 0 spiro atoms. The van der Waals surface area contributed by atoms with Gasteiger partial charge in [-0.05, 0) is 65.4 Å². The van der Waals surface area contributed by atoms with Gasteiger partial charge in [-0.25, -0.2) is 4.39 Å². The van der Waals surface area contributed by atoms with Crippen LogP contribution in [0.4, 0.5) is 10.1 Å². The van der Waals surface area contributed by atoms with Crippen molar-refractivity contribution >= 4 is 11.6 Å². The van der Waals surface area contributed by atoms with Crippen LogP contribution >= 0.6 is 0 Å². The van der Waals surface area contributed by atoms with Crippen LogP contribution in [0.25, 0.3) is 11.1 Å². The molecule has 0 atom stereocenters. The first-order chi connectivity index (χ1) is 12.7. The number of aryl methyl sites for hydroxylation is 1. The third kappa shape index (κ3) is 3.23. The molecular formula is C22H19FN2O. The van der Waals surface area contributed by atoms with Gasteiger partial charge in [0.15, 0.2) is 0 Å². The van der Waals surface area contributed by atoms with Gasteiger partial charge in [-0.15, -0.1) is 0 Å². The van der Waals surface area contributed by atoms with Crippen LogP contribution in [0.3, 0.4) is 0 Å². The summed E-state index contributed by atoms with van der Waals surface area (Å²) in [6, 6.07) is 16.8. The van der Waals surface area contributed by atoms with Crippen LogP contribution in [0.2, 0.25) is 0 Å². The number of aromatic nitrogens is 1. The minimum atomic E-state index is -0.246. The van der Waals surface area contributed by atoms with Crippen LogP contribution in [-0.2, 0) is 17.6 Å². The molecule has 0 unspecified atom stereocenters. The first-order valence-corrected chi connectivity index (χ1v) is 8.79. The standard InChI is InChI=1S/C22H19FN2O/c23-20-4-2-1-3-17(20)6-8-22(26)25-14-11-19-15-18(5-7-21(19)25)16-9-12-24-13-10-16/h1-5,7,9-10,12-13,15H,6,8,11,14H2. The van der Waals surface area contributed by atoms with Crippen LogP contribution < -0.4 is 4.90 Å². The number of benzene rings is 2. The summed E-state index contributed by atoms with van der Waals surface area (Å²) in [6.07, 6.45) is 5.14. The molecule has 2 heterocycles. The number of hydrogen-bond donors (Lipinski definition) is 0. The fraction of sp³-hybridized carbons (Fsp3) is 0.182. The van der Waals surface area contributed by atoms with Gasteiger partial charge >= 0.3 is 0 Å². The van der Waals surface area contributed by atoms with Crippen molar-refractivity contribution in [2.75, 3.05) is 11.4 Å². The molecule has 0 fully saturated rings. The second-order valence-electron chi connectivity index (χ2n) is 6.47. The summed E-state index contributed by atoms with van der Waals surface area (Å²) < 4.78 is 13.7. The van der Waals surface area contributed by atoms with Gasteiger partial charge in [0, 0.05) is 31.0 Å². The smallest absolute Gasteiger partial charge is 0.227 e. The molecule has 0 saturated heterocycles. The van der Waals surface area contributed by atoms with Crippen molar-refractivity contribution in [2.24, 2.45) is 0 Å². The van der Waals surface area contributed by atoms with Gasteiger partial charge in [0.1, 0.15) is 5.82 Å². The Bertz CT molecular complexity index is 940. The average molecular weight is 346 g/mol. The number of fused-ring (bicyclic) bond motifs is 1. The molecule has 1 aliphatic rings. The van der Waals surface area contributed by atoms with E-state index in [4.69, 9.17) is 0 Å². The molecule has 1 aliphatic heterocycles. The number of pyridine rings is 1. The Morgan fingerprint density at radius 2 is 1.85 bits per heavy atom. The molecule has 3 nitrogen and oxygen atoms in total. The molecule has 1 amide bonds. The van der Waals surface area contributed by atoms with Gasteiger partial charge in [0.2, 0.25) is 5.91 Å². The van der Waals surface area contributed by atoms with Gasteiger partial charge < -0.3 is 4.90 Å². The highest BCUT2D eigenvalue weighted by atomic mass is 19.1. The molecule has 0 saturated carbocycles. The van der Waals surface area contributed by atoms with Gasteiger partial charge in [-0.3, -0.25) is 9.78 Å². The predicted octanol–water partition coefficient (Wildman–Crippen LogP) is 4.41. The molecule has 0 radical (unpaired) electrons. The first-order valence-electron chi connectivity index (χ1n) is 8.79. The highest BCUT2D eigenvalue weighted by Crippen LogP contribution is 2.32. The maximum Gasteiger partial charge on any atom is 0.227 e. The lowest BCUT2D eigenvalue weighted by Crippen LogP contribution is -2.29. The number of halogens is 1. The summed E-state index contributed by atoms with van der Waals surface area (Å²) in [4.78, 5) is 18.5. The molecule has 0 bridgehead atoms. The van der Waals surface area contributed by atoms with E-state index in [0.29, 0.717) is 24.9 Å². The number of rotatable bonds is 4.